The molecule has 1 atom stereocenters. The van der Waals surface area contributed by atoms with E-state index in [9.17, 15) is 5.11 Å². The molecule has 0 aromatic heterocycles. The van der Waals surface area contributed by atoms with Crippen molar-refractivity contribution < 1.29 is 5.11 Å². The van der Waals surface area contributed by atoms with Crippen LogP contribution < -0.4 is 5.73 Å². The minimum absolute atomic E-state index is 0.126. The third-order valence-electron chi connectivity index (χ3n) is 3.80. The van der Waals surface area contributed by atoms with Crippen molar-refractivity contribution in [2.24, 2.45) is 0 Å². The van der Waals surface area contributed by atoms with Gasteiger partial charge >= 0.3 is 0 Å². The van der Waals surface area contributed by atoms with Crippen LogP contribution in [0.3, 0.4) is 0 Å². The lowest BCUT2D eigenvalue weighted by atomic mass is 10.1. The second kappa shape index (κ2) is 6.80. The molecule has 0 fully saturated rings. The van der Waals surface area contributed by atoms with Crippen LogP contribution in [0, 0.1) is 0 Å². The number of anilines is 1. The molecule has 0 saturated carbocycles. The number of hydrogen-bond acceptors (Lipinski definition) is 3. The Labute approximate surface area is 141 Å². The summed E-state index contributed by atoms with van der Waals surface area (Å²) in [6.45, 7) is 2.07. The van der Waals surface area contributed by atoms with Crippen LogP contribution in [0.5, 0.6) is 5.75 Å². The fourth-order valence-corrected chi connectivity index (χ4v) is 3.60. The van der Waals surface area contributed by atoms with Gasteiger partial charge in [-0.05, 0) is 36.2 Å². The van der Waals surface area contributed by atoms with Crippen LogP contribution in [0.25, 0.3) is 11.1 Å². The fourth-order valence-electron chi connectivity index (χ4n) is 2.55. The standard InChI is InChI=1S/C20H19NOS/c1-14(17-9-5-6-10-19(17)22)23-20-12-11-16(13-18(20)21)15-7-3-2-4-8-15/h2-14,22H,21H2,1H3/t14-/m0/s1. The quantitative estimate of drug-likeness (QED) is 0.493. The summed E-state index contributed by atoms with van der Waals surface area (Å²) in [5.41, 5.74) is 10.2. The van der Waals surface area contributed by atoms with Crippen LogP contribution >= 0.6 is 11.8 Å². The molecule has 23 heavy (non-hydrogen) atoms. The van der Waals surface area contributed by atoms with E-state index in [-0.39, 0.29) is 5.25 Å². The predicted octanol–water partition coefficient (Wildman–Crippen LogP) is 5.49. The highest BCUT2D eigenvalue weighted by Crippen LogP contribution is 2.41. The van der Waals surface area contributed by atoms with Gasteiger partial charge in [0.05, 0.1) is 0 Å². The Morgan fingerprint density at radius 1 is 0.870 bits per heavy atom. The van der Waals surface area contributed by atoms with Gasteiger partial charge < -0.3 is 10.8 Å². The Balaban J connectivity index is 1.83. The van der Waals surface area contributed by atoms with Crippen molar-refractivity contribution >= 4 is 17.4 Å². The molecular weight excluding hydrogens is 302 g/mol. The highest BCUT2D eigenvalue weighted by Gasteiger charge is 2.13. The maximum absolute atomic E-state index is 9.98. The van der Waals surface area contributed by atoms with Gasteiger partial charge in [0.15, 0.2) is 0 Å². The molecule has 0 amide bonds. The zero-order valence-electron chi connectivity index (χ0n) is 12.9. The second-order valence-electron chi connectivity index (χ2n) is 5.44. The highest BCUT2D eigenvalue weighted by molar-refractivity contribution is 7.99. The normalized spacial score (nSPS) is 12.0. The maximum atomic E-state index is 9.98. The van der Waals surface area contributed by atoms with E-state index in [0.29, 0.717) is 5.75 Å². The predicted molar refractivity (Wildman–Crippen MR) is 98.7 cm³/mol. The molecule has 3 rings (SSSR count). The summed E-state index contributed by atoms with van der Waals surface area (Å²) in [7, 11) is 0. The lowest BCUT2D eigenvalue weighted by Gasteiger charge is -2.15. The van der Waals surface area contributed by atoms with Crippen LogP contribution in [0.4, 0.5) is 5.69 Å². The van der Waals surface area contributed by atoms with Gasteiger partial charge in [-0.2, -0.15) is 0 Å². The molecule has 3 aromatic rings. The smallest absolute Gasteiger partial charge is 0.119 e. The Hall–Kier alpha value is -2.39. The van der Waals surface area contributed by atoms with E-state index in [1.54, 1.807) is 17.8 Å². The first-order valence-electron chi connectivity index (χ1n) is 7.54. The number of nitrogen functional groups attached to an aromatic ring is 1. The lowest BCUT2D eigenvalue weighted by molar-refractivity contribution is 0.468. The van der Waals surface area contributed by atoms with Gasteiger partial charge in [-0.25, -0.2) is 0 Å². The van der Waals surface area contributed by atoms with Crippen LogP contribution in [0.15, 0.2) is 77.7 Å². The van der Waals surface area contributed by atoms with Crippen LogP contribution in [-0.2, 0) is 0 Å². The Bertz CT molecular complexity index is 802. The monoisotopic (exact) mass is 321 g/mol. The van der Waals surface area contributed by atoms with Crippen molar-refractivity contribution in [3.63, 3.8) is 0 Å². The molecular formula is C20H19NOS. The highest BCUT2D eigenvalue weighted by atomic mass is 32.2. The number of rotatable bonds is 4. The van der Waals surface area contributed by atoms with Crippen molar-refractivity contribution in [2.45, 2.75) is 17.1 Å². The van der Waals surface area contributed by atoms with Gasteiger partial charge in [0.2, 0.25) is 0 Å². The van der Waals surface area contributed by atoms with Gasteiger partial charge in [0.25, 0.3) is 0 Å². The average molecular weight is 321 g/mol. The van der Waals surface area contributed by atoms with Gasteiger partial charge in [0, 0.05) is 21.4 Å². The summed E-state index contributed by atoms with van der Waals surface area (Å²) in [5, 5.41) is 10.1. The number of thioether (sulfide) groups is 1. The van der Waals surface area contributed by atoms with Gasteiger partial charge in [-0.3, -0.25) is 0 Å². The topological polar surface area (TPSA) is 46.2 Å². The van der Waals surface area contributed by atoms with Crippen molar-refractivity contribution in [3.05, 3.63) is 78.4 Å². The summed E-state index contributed by atoms with van der Waals surface area (Å²) in [5.74, 6) is 0.326. The summed E-state index contributed by atoms with van der Waals surface area (Å²) < 4.78 is 0. The van der Waals surface area contributed by atoms with Crippen molar-refractivity contribution in [1.82, 2.24) is 0 Å². The van der Waals surface area contributed by atoms with Gasteiger partial charge in [-0.15, -0.1) is 11.8 Å². The molecule has 0 aliphatic carbocycles. The largest absolute Gasteiger partial charge is 0.508 e. The van der Waals surface area contributed by atoms with E-state index in [1.165, 1.54) is 0 Å². The molecule has 0 unspecified atom stereocenters. The molecule has 0 aliphatic rings. The molecule has 3 heteroatoms. The van der Waals surface area contributed by atoms with Crippen molar-refractivity contribution in [1.29, 1.82) is 0 Å². The fraction of sp³-hybridized carbons (Fsp3) is 0.100. The van der Waals surface area contributed by atoms with E-state index in [4.69, 9.17) is 5.73 Å². The first-order chi connectivity index (χ1) is 11.1. The van der Waals surface area contributed by atoms with Crippen LogP contribution in [0.1, 0.15) is 17.7 Å². The number of benzene rings is 3. The number of nitrogens with two attached hydrogens (primary N) is 1. The number of aromatic hydroxyl groups is 1. The number of phenols is 1. The summed E-state index contributed by atoms with van der Waals surface area (Å²) in [6, 6.07) is 23.8. The molecule has 3 N–H and O–H groups in total. The Kier molecular flexibility index (Phi) is 4.58. The third-order valence-corrected chi connectivity index (χ3v) is 5.03. The van der Waals surface area contributed by atoms with E-state index in [2.05, 4.69) is 31.2 Å². The third kappa shape index (κ3) is 3.51. The molecule has 0 heterocycles. The minimum atomic E-state index is 0.126. The summed E-state index contributed by atoms with van der Waals surface area (Å²) in [4.78, 5) is 1.03. The first-order valence-corrected chi connectivity index (χ1v) is 8.42. The number of phenolic OH excluding ortho intramolecular Hbond substituents is 1. The minimum Gasteiger partial charge on any atom is -0.508 e. The zero-order chi connectivity index (χ0) is 16.2. The first kappa shape index (κ1) is 15.5. The second-order valence-corrected chi connectivity index (χ2v) is 6.82. The molecule has 0 saturated heterocycles. The summed E-state index contributed by atoms with van der Waals surface area (Å²) in [6.07, 6.45) is 0. The van der Waals surface area contributed by atoms with Crippen molar-refractivity contribution in [2.75, 3.05) is 5.73 Å². The number of hydrogen-bond donors (Lipinski definition) is 2. The van der Waals surface area contributed by atoms with E-state index >= 15 is 0 Å². The zero-order valence-corrected chi connectivity index (χ0v) is 13.8. The molecule has 0 bridgehead atoms. The van der Waals surface area contributed by atoms with Crippen molar-refractivity contribution in [3.8, 4) is 16.9 Å². The van der Waals surface area contributed by atoms with E-state index in [1.807, 2.05) is 42.5 Å². The summed E-state index contributed by atoms with van der Waals surface area (Å²) >= 11 is 1.66. The SMILES string of the molecule is C[C@H](Sc1ccc(-c2ccccc2)cc1N)c1ccccc1O. The molecule has 116 valence electrons. The molecule has 3 aromatic carbocycles. The van der Waals surface area contributed by atoms with Gasteiger partial charge in [0.1, 0.15) is 5.75 Å². The van der Waals surface area contributed by atoms with Crippen LogP contribution in [-0.4, -0.2) is 5.11 Å². The average Bonchev–Trinajstić information content (AvgIpc) is 2.58. The number of para-hydroxylation sites is 1. The molecule has 0 radical (unpaired) electrons. The lowest BCUT2D eigenvalue weighted by Crippen LogP contribution is -1.93. The van der Waals surface area contributed by atoms with E-state index in [0.717, 1.165) is 27.3 Å². The Morgan fingerprint density at radius 3 is 2.26 bits per heavy atom. The Morgan fingerprint density at radius 2 is 1.57 bits per heavy atom. The molecule has 0 spiro atoms. The molecule has 0 aliphatic heterocycles. The molecule has 2 nitrogen and oxygen atoms in total. The van der Waals surface area contributed by atoms with Gasteiger partial charge in [-0.1, -0.05) is 54.6 Å². The van der Waals surface area contributed by atoms with E-state index < -0.39 is 0 Å². The van der Waals surface area contributed by atoms with Crippen LogP contribution in [0.2, 0.25) is 0 Å². The maximum Gasteiger partial charge on any atom is 0.119 e.